The predicted molar refractivity (Wildman–Crippen MR) is 126 cm³/mol. The molecule has 0 aliphatic heterocycles. The van der Waals surface area contributed by atoms with Crippen LogP contribution in [-0.4, -0.2) is 31.9 Å². The Morgan fingerprint density at radius 1 is 1.14 bits per heavy atom. The van der Waals surface area contributed by atoms with E-state index < -0.39 is 29.4 Å². The number of carbonyl (C=O) groups is 1. The Morgan fingerprint density at radius 2 is 1.83 bits per heavy atom. The first-order valence-corrected chi connectivity index (χ1v) is 12.1. The first kappa shape index (κ1) is 24.4. The average molecular weight is 501 g/mol. The van der Waals surface area contributed by atoms with Gasteiger partial charge in [-0.3, -0.25) is 4.79 Å². The molecule has 0 saturated heterocycles. The van der Waals surface area contributed by atoms with Crippen molar-refractivity contribution in [2.24, 2.45) is 0 Å². The number of rotatable bonds is 7. The molecule has 0 unspecified atom stereocenters. The summed E-state index contributed by atoms with van der Waals surface area (Å²) in [7, 11) is 0. The second kappa shape index (κ2) is 9.31. The molecule has 2 saturated carbocycles. The Hall–Kier alpha value is -3.27. The SMILES string of the molecule is Cc1nc(N[C@H](C)c2cccc(C(F)F)c2F)c2cc(C3(O)CCC(=O)CC3)c(OC3CC3)nc2n1. The number of alkyl halides is 2. The summed E-state index contributed by atoms with van der Waals surface area (Å²) >= 11 is 0. The van der Waals surface area contributed by atoms with Crippen molar-refractivity contribution in [2.45, 2.75) is 76.5 Å². The lowest BCUT2D eigenvalue weighted by Gasteiger charge is -2.33. The summed E-state index contributed by atoms with van der Waals surface area (Å²) in [5.74, 6) is 0.145. The zero-order chi connectivity index (χ0) is 25.6. The average Bonchev–Trinajstić information content (AvgIpc) is 3.64. The number of aliphatic hydroxyl groups is 1. The number of ether oxygens (including phenoxy) is 1. The van der Waals surface area contributed by atoms with Crippen LogP contribution in [0.4, 0.5) is 19.0 Å². The van der Waals surface area contributed by atoms with E-state index in [4.69, 9.17) is 4.74 Å². The van der Waals surface area contributed by atoms with E-state index in [0.29, 0.717) is 28.2 Å². The lowest BCUT2D eigenvalue weighted by molar-refractivity contribution is -0.125. The highest BCUT2D eigenvalue weighted by atomic mass is 19.3. The number of carbonyl (C=O) groups excluding carboxylic acids is 1. The Labute approximate surface area is 206 Å². The van der Waals surface area contributed by atoms with Crippen LogP contribution in [0.3, 0.4) is 0 Å². The molecule has 2 fully saturated rings. The topological polar surface area (TPSA) is 97.2 Å². The Bertz CT molecular complexity index is 1320. The molecule has 1 atom stereocenters. The molecular formula is C26H27F3N4O3. The zero-order valence-corrected chi connectivity index (χ0v) is 20.0. The van der Waals surface area contributed by atoms with Gasteiger partial charge in [0, 0.05) is 24.0 Å². The van der Waals surface area contributed by atoms with Gasteiger partial charge >= 0.3 is 0 Å². The maximum absolute atomic E-state index is 14.8. The maximum Gasteiger partial charge on any atom is 0.266 e. The van der Waals surface area contributed by atoms with Gasteiger partial charge in [-0.15, -0.1) is 0 Å². The van der Waals surface area contributed by atoms with Crippen molar-refractivity contribution in [3.63, 3.8) is 0 Å². The molecule has 0 spiro atoms. The highest BCUT2D eigenvalue weighted by Gasteiger charge is 2.39. The predicted octanol–water partition coefficient (Wildman–Crippen LogP) is 5.45. The van der Waals surface area contributed by atoms with E-state index in [1.54, 1.807) is 19.9 Å². The largest absolute Gasteiger partial charge is 0.474 e. The lowest BCUT2D eigenvalue weighted by atomic mass is 9.79. The standard InChI is InChI=1S/C26H27F3N4O3/c1-13(17-4-3-5-18(21(17)27)22(28)29)30-23-19-12-20(26(35)10-8-15(34)9-11-26)25(36-16-6-7-16)33-24(19)32-14(2)31-23/h3-5,12-13,16,22,35H,6-11H2,1-2H3,(H,30,31,32,33)/t13-/m1/s1. The van der Waals surface area contributed by atoms with Crippen molar-refractivity contribution in [1.29, 1.82) is 0 Å². The summed E-state index contributed by atoms with van der Waals surface area (Å²) in [5.41, 5.74) is -1.10. The number of aromatic nitrogens is 3. The molecule has 2 N–H and O–H groups in total. The van der Waals surface area contributed by atoms with Crippen molar-refractivity contribution >= 4 is 22.6 Å². The highest BCUT2D eigenvalue weighted by molar-refractivity contribution is 5.88. The highest BCUT2D eigenvalue weighted by Crippen LogP contribution is 2.43. The Morgan fingerprint density at radius 3 is 2.50 bits per heavy atom. The van der Waals surface area contributed by atoms with Crippen LogP contribution >= 0.6 is 0 Å². The van der Waals surface area contributed by atoms with Crippen LogP contribution < -0.4 is 10.1 Å². The third kappa shape index (κ3) is 4.74. The van der Waals surface area contributed by atoms with Crippen molar-refractivity contribution in [3.8, 4) is 5.88 Å². The van der Waals surface area contributed by atoms with Crippen LogP contribution in [0.25, 0.3) is 11.0 Å². The van der Waals surface area contributed by atoms with Gasteiger partial charge in [0.2, 0.25) is 5.88 Å². The normalized spacial score (nSPS) is 18.5. The van der Waals surface area contributed by atoms with Crippen LogP contribution in [0.15, 0.2) is 24.3 Å². The molecule has 2 heterocycles. The number of nitrogens with zero attached hydrogens (tertiary/aromatic N) is 3. The molecule has 7 nitrogen and oxygen atoms in total. The molecule has 0 amide bonds. The zero-order valence-electron chi connectivity index (χ0n) is 20.0. The molecule has 2 aliphatic carbocycles. The summed E-state index contributed by atoms with van der Waals surface area (Å²) in [6.45, 7) is 3.33. The molecule has 10 heteroatoms. The number of ketones is 1. The van der Waals surface area contributed by atoms with Crippen molar-refractivity contribution in [2.75, 3.05) is 5.32 Å². The number of aryl methyl sites for hydroxylation is 1. The van der Waals surface area contributed by atoms with Gasteiger partial charge in [-0.1, -0.05) is 18.2 Å². The van der Waals surface area contributed by atoms with Gasteiger partial charge in [-0.2, -0.15) is 4.98 Å². The summed E-state index contributed by atoms with van der Waals surface area (Å²) < 4.78 is 47.3. The van der Waals surface area contributed by atoms with E-state index in [0.717, 1.165) is 18.9 Å². The number of pyridine rings is 1. The fourth-order valence-electron chi connectivity index (χ4n) is 4.59. The molecular weight excluding hydrogens is 473 g/mol. The molecule has 5 rings (SSSR count). The quantitative estimate of drug-likeness (QED) is 0.445. The van der Waals surface area contributed by atoms with Crippen molar-refractivity contribution in [1.82, 2.24) is 15.0 Å². The third-order valence-electron chi connectivity index (χ3n) is 6.82. The van der Waals surface area contributed by atoms with Crippen LogP contribution in [0.2, 0.25) is 0 Å². The van der Waals surface area contributed by atoms with Gasteiger partial charge in [0.25, 0.3) is 6.43 Å². The van der Waals surface area contributed by atoms with Crippen molar-refractivity contribution in [3.05, 3.63) is 52.6 Å². The van der Waals surface area contributed by atoms with Gasteiger partial charge in [0.05, 0.1) is 22.6 Å². The van der Waals surface area contributed by atoms with Crippen LogP contribution in [0.1, 0.15) is 80.4 Å². The van der Waals surface area contributed by atoms with E-state index in [1.165, 1.54) is 12.1 Å². The smallest absolute Gasteiger partial charge is 0.266 e. The second-order valence-corrected chi connectivity index (χ2v) is 9.64. The van der Waals surface area contributed by atoms with Gasteiger partial charge in [0.15, 0.2) is 5.65 Å². The van der Waals surface area contributed by atoms with E-state index in [2.05, 4.69) is 20.3 Å². The molecule has 0 radical (unpaired) electrons. The fourth-order valence-corrected chi connectivity index (χ4v) is 4.59. The van der Waals surface area contributed by atoms with Gasteiger partial charge in [-0.05, 0) is 45.6 Å². The number of halogens is 3. The summed E-state index contributed by atoms with van der Waals surface area (Å²) in [5, 5.41) is 15.1. The second-order valence-electron chi connectivity index (χ2n) is 9.64. The van der Waals surface area contributed by atoms with E-state index >= 15 is 0 Å². The number of anilines is 1. The van der Waals surface area contributed by atoms with Crippen LogP contribution in [0, 0.1) is 12.7 Å². The number of Topliss-reactive ketones (excluding diaryl/α,β-unsaturated/α-hetero) is 1. The number of nitrogens with one attached hydrogen (secondary N) is 1. The first-order chi connectivity index (χ1) is 17.1. The number of hydrogen-bond donors (Lipinski definition) is 2. The molecule has 0 bridgehead atoms. The fraction of sp³-hybridized carbons (Fsp3) is 0.462. The van der Waals surface area contributed by atoms with Crippen LogP contribution in [-0.2, 0) is 10.4 Å². The maximum atomic E-state index is 14.8. The van der Waals surface area contributed by atoms with Gasteiger partial charge in [-0.25, -0.2) is 23.1 Å². The Kier molecular flexibility index (Phi) is 6.32. The monoisotopic (exact) mass is 500 g/mol. The van der Waals surface area contributed by atoms with Gasteiger partial charge in [0.1, 0.15) is 29.3 Å². The Balaban J connectivity index is 1.58. The van der Waals surface area contributed by atoms with Crippen molar-refractivity contribution < 1.29 is 27.8 Å². The third-order valence-corrected chi connectivity index (χ3v) is 6.82. The molecule has 2 aliphatic rings. The summed E-state index contributed by atoms with van der Waals surface area (Å²) in [4.78, 5) is 25.4. The van der Waals surface area contributed by atoms with Crippen LogP contribution in [0.5, 0.6) is 5.88 Å². The lowest BCUT2D eigenvalue weighted by Crippen LogP contribution is -2.32. The number of hydrogen-bond acceptors (Lipinski definition) is 7. The minimum atomic E-state index is -2.93. The minimum Gasteiger partial charge on any atom is -0.474 e. The molecule has 190 valence electrons. The molecule has 1 aromatic carbocycles. The molecule has 3 aromatic rings. The van der Waals surface area contributed by atoms with E-state index in [-0.39, 0.29) is 49.0 Å². The summed E-state index contributed by atoms with van der Waals surface area (Å²) in [6, 6.07) is 4.91. The number of fused-ring (bicyclic) bond motifs is 1. The molecule has 36 heavy (non-hydrogen) atoms. The summed E-state index contributed by atoms with van der Waals surface area (Å²) in [6.07, 6.45) is -0.117. The van der Waals surface area contributed by atoms with E-state index in [9.17, 15) is 23.1 Å². The van der Waals surface area contributed by atoms with E-state index in [1.807, 2.05) is 0 Å². The molecule has 2 aromatic heterocycles. The first-order valence-electron chi connectivity index (χ1n) is 12.1. The minimum absolute atomic E-state index is 0.0214. The number of benzene rings is 1. The van der Waals surface area contributed by atoms with Gasteiger partial charge < -0.3 is 15.2 Å².